The lowest BCUT2D eigenvalue weighted by Crippen LogP contribution is -2.38. The molecule has 9 nitrogen and oxygen atoms in total. The van der Waals surface area contributed by atoms with Crippen LogP contribution in [0.3, 0.4) is 0 Å². The number of anilines is 1. The summed E-state index contributed by atoms with van der Waals surface area (Å²) in [6, 6.07) is 13.0. The van der Waals surface area contributed by atoms with Gasteiger partial charge in [0.1, 0.15) is 11.4 Å². The molecule has 1 saturated heterocycles. The van der Waals surface area contributed by atoms with Gasteiger partial charge in [0.05, 0.1) is 36.8 Å². The fourth-order valence-corrected chi connectivity index (χ4v) is 3.99. The van der Waals surface area contributed by atoms with Gasteiger partial charge in [0, 0.05) is 50.0 Å². The number of nitrogens with zero attached hydrogens (tertiary/aromatic N) is 6. The minimum Gasteiger partial charge on any atom is -0.379 e. The van der Waals surface area contributed by atoms with Crippen molar-refractivity contribution in [3.63, 3.8) is 0 Å². The van der Waals surface area contributed by atoms with Crippen LogP contribution in [0, 0.1) is 6.92 Å². The molecule has 1 N–H and O–H groups in total. The first-order valence-corrected chi connectivity index (χ1v) is 11.6. The Morgan fingerprint density at radius 2 is 1.91 bits per heavy atom. The van der Waals surface area contributed by atoms with E-state index in [9.17, 15) is 4.79 Å². The average Bonchev–Trinajstić information content (AvgIpc) is 3.31. The van der Waals surface area contributed by atoms with Crippen LogP contribution in [0.25, 0.3) is 22.6 Å². The Morgan fingerprint density at radius 1 is 1.06 bits per heavy atom. The number of pyridine rings is 3. The summed E-state index contributed by atoms with van der Waals surface area (Å²) >= 11 is 0. The molecule has 0 aromatic carbocycles. The van der Waals surface area contributed by atoms with Gasteiger partial charge in [-0.2, -0.15) is 5.10 Å². The summed E-state index contributed by atoms with van der Waals surface area (Å²) in [4.78, 5) is 28.8. The minimum atomic E-state index is -0.308. The van der Waals surface area contributed by atoms with Crippen LogP contribution in [0.15, 0.2) is 67.3 Å². The number of nitrogens with one attached hydrogen (secondary N) is 1. The van der Waals surface area contributed by atoms with E-state index in [0.717, 1.165) is 44.0 Å². The van der Waals surface area contributed by atoms with Gasteiger partial charge >= 0.3 is 0 Å². The van der Waals surface area contributed by atoms with E-state index in [1.54, 1.807) is 24.7 Å². The maximum Gasteiger partial charge on any atom is 0.274 e. The molecule has 5 heterocycles. The molecule has 4 aromatic rings. The minimum absolute atomic E-state index is 0.308. The molecule has 178 valence electrons. The van der Waals surface area contributed by atoms with E-state index in [-0.39, 0.29) is 5.91 Å². The van der Waals surface area contributed by atoms with Crippen LogP contribution < -0.4 is 5.32 Å². The van der Waals surface area contributed by atoms with Crippen molar-refractivity contribution in [2.24, 2.45) is 0 Å². The molecule has 1 aliphatic heterocycles. The predicted molar refractivity (Wildman–Crippen MR) is 133 cm³/mol. The van der Waals surface area contributed by atoms with E-state index in [1.807, 2.05) is 54.2 Å². The Labute approximate surface area is 203 Å². The summed E-state index contributed by atoms with van der Waals surface area (Å²) in [5.74, 6) is -0.308. The lowest BCUT2D eigenvalue weighted by molar-refractivity contribution is 0.0360. The number of aromatic nitrogens is 5. The van der Waals surface area contributed by atoms with Crippen LogP contribution in [-0.2, 0) is 11.3 Å². The summed E-state index contributed by atoms with van der Waals surface area (Å²) in [5.41, 5.74) is 4.82. The number of morpholine rings is 1. The smallest absolute Gasteiger partial charge is 0.274 e. The highest BCUT2D eigenvalue weighted by atomic mass is 16.5. The predicted octanol–water partition coefficient (Wildman–Crippen LogP) is 3.30. The van der Waals surface area contributed by atoms with Crippen LogP contribution in [-0.4, -0.2) is 68.4 Å². The molecular formula is C26H27N7O2. The molecule has 9 heteroatoms. The summed E-state index contributed by atoms with van der Waals surface area (Å²) in [5, 5.41) is 7.74. The van der Waals surface area contributed by atoms with Crippen molar-refractivity contribution in [3.8, 4) is 22.6 Å². The van der Waals surface area contributed by atoms with Gasteiger partial charge in [0.2, 0.25) is 0 Å². The second kappa shape index (κ2) is 10.5. The monoisotopic (exact) mass is 469 g/mol. The zero-order valence-corrected chi connectivity index (χ0v) is 19.6. The highest BCUT2D eigenvalue weighted by Gasteiger charge is 2.18. The van der Waals surface area contributed by atoms with Gasteiger partial charge in [-0.05, 0) is 42.8 Å². The number of carbonyl (C=O) groups is 1. The van der Waals surface area contributed by atoms with Crippen LogP contribution in [0.2, 0.25) is 0 Å². The van der Waals surface area contributed by atoms with Crippen LogP contribution >= 0.6 is 0 Å². The molecule has 35 heavy (non-hydrogen) atoms. The Balaban J connectivity index is 1.38. The first kappa shape index (κ1) is 22.8. The van der Waals surface area contributed by atoms with Gasteiger partial charge in [0.25, 0.3) is 5.91 Å². The quantitative estimate of drug-likeness (QED) is 0.443. The van der Waals surface area contributed by atoms with Gasteiger partial charge in [-0.3, -0.25) is 24.3 Å². The lowest BCUT2D eigenvalue weighted by Gasteiger charge is -2.26. The third-order valence-corrected chi connectivity index (χ3v) is 5.82. The van der Waals surface area contributed by atoms with Crippen molar-refractivity contribution in [1.82, 2.24) is 29.6 Å². The van der Waals surface area contributed by atoms with Crippen molar-refractivity contribution in [1.29, 1.82) is 0 Å². The molecular weight excluding hydrogens is 442 g/mol. The second-order valence-corrected chi connectivity index (χ2v) is 8.44. The molecule has 1 fully saturated rings. The fraction of sp³-hybridized carbons (Fsp3) is 0.269. The molecule has 0 unspecified atom stereocenters. The number of hydrogen-bond donors (Lipinski definition) is 1. The first-order chi connectivity index (χ1) is 17.2. The van der Waals surface area contributed by atoms with E-state index >= 15 is 0 Å². The molecule has 0 spiro atoms. The molecule has 1 amide bonds. The molecule has 0 aliphatic carbocycles. The molecule has 0 radical (unpaired) electrons. The van der Waals surface area contributed by atoms with Crippen LogP contribution in [0.4, 0.5) is 5.69 Å². The van der Waals surface area contributed by atoms with Crippen LogP contribution in [0.1, 0.15) is 16.1 Å². The summed E-state index contributed by atoms with van der Waals surface area (Å²) in [6.45, 7) is 6.86. The lowest BCUT2D eigenvalue weighted by atomic mass is 10.1. The molecule has 0 atom stereocenters. The van der Waals surface area contributed by atoms with E-state index in [0.29, 0.717) is 35.0 Å². The molecule has 0 bridgehead atoms. The van der Waals surface area contributed by atoms with Gasteiger partial charge in [-0.15, -0.1) is 0 Å². The summed E-state index contributed by atoms with van der Waals surface area (Å²) < 4.78 is 7.29. The Hall–Kier alpha value is -3.95. The summed E-state index contributed by atoms with van der Waals surface area (Å²) in [6.07, 6.45) is 7.11. The molecule has 1 aliphatic rings. The second-order valence-electron chi connectivity index (χ2n) is 8.44. The molecule has 5 rings (SSSR count). The number of carbonyl (C=O) groups excluding carboxylic acids is 1. The van der Waals surface area contributed by atoms with Crippen molar-refractivity contribution in [2.75, 3.05) is 38.2 Å². The number of rotatable bonds is 7. The highest BCUT2D eigenvalue weighted by Crippen LogP contribution is 2.25. The first-order valence-electron chi connectivity index (χ1n) is 11.6. The third kappa shape index (κ3) is 5.59. The SMILES string of the molecule is Cc1cncc(-c2cccc(C(=O)Nc3cn(CCN4CCOCC4)nc3-c3ccccn3)n2)c1. The van der Waals surface area contributed by atoms with Crippen molar-refractivity contribution in [3.05, 3.63) is 78.5 Å². The maximum atomic E-state index is 13.2. The normalized spacial score (nSPS) is 14.1. The number of ether oxygens (including phenoxy) is 1. The number of hydrogen-bond acceptors (Lipinski definition) is 7. The van der Waals surface area contributed by atoms with Crippen molar-refractivity contribution < 1.29 is 9.53 Å². The Kier molecular flexibility index (Phi) is 6.87. The number of amides is 1. The number of aryl methyl sites for hydroxylation is 1. The average molecular weight is 470 g/mol. The van der Waals surface area contributed by atoms with E-state index in [1.165, 1.54) is 0 Å². The topological polar surface area (TPSA) is 98.1 Å². The zero-order valence-electron chi connectivity index (χ0n) is 19.6. The third-order valence-electron chi connectivity index (χ3n) is 5.82. The van der Waals surface area contributed by atoms with Crippen molar-refractivity contribution in [2.45, 2.75) is 13.5 Å². The Bertz CT molecular complexity index is 1300. The Morgan fingerprint density at radius 3 is 2.71 bits per heavy atom. The van der Waals surface area contributed by atoms with Gasteiger partial charge < -0.3 is 10.1 Å². The molecule has 4 aromatic heterocycles. The van der Waals surface area contributed by atoms with E-state index in [2.05, 4.69) is 25.2 Å². The maximum absolute atomic E-state index is 13.2. The van der Waals surface area contributed by atoms with E-state index in [4.69, 9.17) is 9.84 Å². The summed E-state index contributed by atoms with van der Waals surface area (Å²) in [7, 11) is 0. The van der Waals surface area contributed by atoms with Gasteiger partial charge in [0.15, 0.2) is 0 Å². The van der Waals surface area contributed by atoms with Crippen LogP contribution in [0.5, 0.6) is 0 Å². The highest BCUT2D eigenvalue weighted by molar-refractivity contribution is 6.04. The fourth-order valence-electron chi connectivity index (χ4n) is 3.99. The molecule has 0 saturated carbocycles. The zero-order chi connectivity index (χ0) is 24.0. The van der Waals surface area contributed by atoms with Crippen molar-refractivity contribution >= 4 is 11.6 Å². The largest absolute Gasteiger partial charge is 0.379 e. The van der Waals surface area contributed by atoms with Gasteiger partial charge in [-0.25, -0.2) is 4.98 Å². The van der Waals surface area contributed by atoms with Gasteiger partial charge in [-0.1, -0.05) is 12.1 Å². The van der Waals surface area contributed by atoms with E-state index < -0.39 is 0 Å². The standard InChI is InChI=1S/C26H27N7O2/c1-19-15-20(17-27-16-19)21-6-4-7-23(29-21)26(34)30-24-18-33(10-9-32-11-13-35-14-12-32)31-25(24)22-5-2-3-8-28-22/h2-8,15-18H,9-14H2,1H3,(H,30,34).